The van der Waals surface area contributed by atoms with Gasteiger partial charge in [-0.2, -0.15) is 0 Å². The van der Waals surface area contributed by atoms with E-state index in [1.807, 2.05) is 24.3 Å². The van der Waals surface area contributed by atoms with E-state index >= 15 is 0 Å². The number of carbonyl (C=O) groups excluding carboxylic acids is 1. The Morgan fingerprint density at radius 3 is 2.32 bits per heavy atom. The average molecular weight is 437 g/mol. The fraction of sp³-hybridized carbons (Fsp3) is 0.360. The number of nitrogens with zero attached hydrogens (tertiary/aromatic N) is 2. The molecule has 0 atom stereocenters. The third kappa shape index (κ3) is 6.45. The normalized spacial score (nSPS) is 10.9. The van der Waals surface area contributed by atoms with E-state index in [0.29, 0.717) is 19.5 Å². The smallest absolute Gasteiger partial charge is 0.220 e. The maximum atomic E-state index is 12.0. The van der Waals surface area contributed by atoms with Gasteiger partial charge in [0.2, 0.25) is 5.91 Å². The van der Waals surface area contributed by atoms with Crippen LogP contribution in [0.3, 0.4) is 0 Å². The second kappa shape index (κ2) is 12.3. The van der Waals surface area contributed by atoms with Crippen molar-refractivity contribution < 1.29 is 4.79 Å². The molecule has 1 amide bonds. The van der Waals surface area contributed by atoms with E-state index in [-0.39, 0.29) is 5.91 Å². The summed E-state index contributed by atoms with van der Waals surface area (Å²) in [4.78, 5) is 17.0. The maximum absolute atomic E-state index is 12.0. The lowest BCUT2D eigenvalue weighted by Gasteiger charge is -2.11. The summed E-state index contributed by atoms with van der Waals surface area (Å²) in [6, 6.07) is 20.8. The second-order valence-corrected chi connectivity index (χ2v) is 8.43. The van der Waals surface area contributed by atoms with Crippen LogP contribution in [-0.4, -0.2) is 34.3 Å². The molecular weight excluding hydrogens is 404 g/mol. The van der Waals surface area contributed by atoms with Crippen LogP contribution in [0.2, 0.25) is 0 Å². The minimum atomic E-state index is 0.117. The Morgan fingerprint density at radius 2 is 1.68 bits per heavy atom. The number of unbranched alkanes of at least 4 members (excludes halogenated alkanes) is 2. The molecule has 0 saturated heterocycles. The second-order valence-electron chi connectivity index (χ2n) is 7.37. The van der Waals surface area contributed by atoms with Gasteiger partial charge in [0.05, 0.1) is 11.4 Å². The summed E-state index contributed by atoms with van der Waals surface area (Å²) in [7, 11) is 0. The summed E-state index contributed by atoms with van der Waals surface area (Å²) in [6.45, 7) is 4.31. The van der Waals surface area contributed by atoms with E-state index in [1.54, 1.807) is 11.8 Å². The first kappa shape index (κ1) is 23.1. The summed E-state index contributed by atoms with van der Waals surface area (Å²) < 4.78 is 2.27. The van der Waals surface area contributed by atoms with Crippen molar-refractivity contribution in [1.29, 1.82) is 0 Å². The Balaban J connectivity index is 1.71. The molecule has 0 aliphatic carbocycles. The molecule has 164 valence electrons. The van der Waals surface area contributed by atoms with Crippen LogP contribution < -0.4 is 11.1 Å². The monoisotopic (exact) mass is 436 g/mol. The molecule has 0 spiro atoms. The van der Waals surface area contributed by atoms with Crippen LogP contribution in [0.5, 0.6) is 0 Å². The zero-order valence-corrected chi connectivity index (χ0v) is 19.0. The molecule has 2 aromatic carbocycles. The van der Waals surface area contributed by atoms with Crippen LogP contribution in [-0.2, 0) is 11.3 Å². The highest BCUT2D eigenvalue weighted by Gasteiger charge is 2.19. The lowest BCUT2D eigenvalue weighted by atomic mass is 10.0. The number of hydrogen-bond acceptors (Lipinski definition) is 4. The highest BCUT2D eigenvalue weighted by Crippen LogP contribution is 2.35. The number of imidazole rings is 1. The Morgan fingerprint density at radius 1 is 1.00 bits per heavy atom. The van der Waals surface area contributed by atoms with E-state index in [2.05, 4.69) is 53.2 Å². The lowest BCUT2D eigenvalue weighted by Crippen LogP contribution is -2.25. The van der Waals surface area contributed by atoms with Crippen LogP contribution in [0, 0.1) is 0 Å². The van der Waals surface area contributed by atoms with Crippen molar-refractivity contribution in [2.75, 3.05) is 18.8 Å². The van der Waals surface area contributed by atoms with Crippen molar-refractivity contribution in [1.82, 2.24) is 14.9 Å². The molecule has 3 N–H and O–H groups in total. The minimum Gasteiger partial charge on any atom is -0.355 e. The van der Waals surface area contributed by atoms with Crippen LogP contribution in [0.4, 0.5) is 0 Å². The fourth-order valence-electron chi connectivity index (χ4n) is 3.55. The molecule has 0 saturated carbocycles. The zero-order valence-electron chi connectivity index (χ0n) is 18.2. The number of hydrogen-bond donors (Lipinski definition) is 2. The van der Waals surface area contributed by atoms with Crippen molar-refractivity contribution in [3.05, 3.63) is 60.7 Å². The number of aromatic nitrogens is 2. The van der Waals surface area contributed by atoms with Gasteiger partial charge in [0.1, 0.15) is 0 Å². The maximum Gasteiger partial charge on any atom is 0.220 e. The van der Waals surface area contributed by atoms with Gasteiger partial charge in [-0.05, 0) is 26.3 Å². The van der Waals surface area contributed by atoms with E-state index in [1.165, 1.54) is 0 Å². The molecule has 0 unspecified atom stereocenters. The van der Waals surface area contributed by atoms with E-state index < -0.39 is 0 Å². The molecule has 0 bridgehead atoms. The predicted octanol–water partition coefficient (Wildman–Crippen LogP) is 4.96. The van der Waals surface area contributed by atoms with Crippen LogP contribution in [0.1, 0.15) is 32.6 Å². The Kier molecular flexibility index (Phi) is 9.18. The Hall–Kier alpha value is -2.57. The summed E-state index contributed by atoms with van der Waals surface area (Å²) >= 11 is 1.69. The van der Waals surface area contributed by atoms with Gasteiger partial charge in [-0.3, -0.25) is 4.79 Å². The SMILES string of the molecule is CCn1c(SCCNC(=O)CCCCCN)nc(-c2ccccc2)c1-c1ccccc1. The van der Waals surface area contributed by atoms with Gasteiger partial charge in [0.15, 0.2) is 5.16 Å². The molecule has 31 heavy (non-hydrogen) atoms. The summed E-state index contributed by atoms with van der Waals surface area (Å²) in [6.07, 6.45) is 3.47. The van der Waals surface area contributed by atoms with Crippen molar-refractivity contribution >= 4 is 17.7 Å². The quantitative estimate of drug-likeness (QED) is 0.311. The first-order valence-electron chi connectivity index (χ1n) is 11.1. The van der Waals surface area contributed by atoms with Gasteiger partial charge < -0.3 is 15.6 Å². The Labute approximate surface area is 189 Å². The van der Waals surface area contributed by atoms with Crippen molar-refractivity contribution in [3.63, 3.8) is 0 Å². The standard InChI is InChI=1S/C25H32N4OS/c1-2-29-24(21-14-8-4-9-15-21)23(20-12-6-3-7-13-20)28-25(29)31-19-18-27-22(30)16-10-5-11-17-26/h3-4,6-9,12-15H,2,5,10-11,16-19,26H2,1H3,(H,27,30). The van der Waals surface area contributed by atoms with E-state index in [9.17, 15) is 4.79 Å². The van der Waals surface area contributed by atoms with Gasteiger partial charge in [-0.25, -0.2) is 4.98 Å². The molecule has 0 fully saturated rings. The number of amides is 1. The number of thioether (sulfide) groups is 1. The van der Waals surface area contributed by atoms with Gasteiger partial charge in [-0.15, -0.1) is 0 Å². The van der Waals surface area contributed by atoms with Crippen LogP contribution in [0.15, 0.2) is 65.8 Å². The molecule has 3 rings (SSSR count). The lowest BCUT2D eigenvalue weighted by molar-refractivity contribution is -0.121. The van der Waals surface area contributed by atoms with Gasteiger partial charge in [0, 0.05) is 36.4 Å². The first-order chi connectivity index (χ1) is 15.2. The summed E-state index contributed by atoms with van der Waals surface area (Å²) in [5, 5.41) is 4.01. The number of carbonyl (C=O) groups is 1. The van der Waals surface area contributed by atoms with E-state index in [0.717, 1.165) is 59.2 Å². The molecule has 5 nitrogen and oxygen atoms in total. The number of nitrogens with one attached hydrogen (secondary N) is 1. The molecular formula is C25H32N4OS. The molecule has 6 heteroatoms. The van der Waals surface area contributed by atoms with Crippen LogP contribution >= 0.6 is 11.8 Å². The Bertz CT molecular complexity index is 941. The molecule has 3 aromatic rings. The highest BCUT2D eigenvalue weighted by atomic mass is 32.2. The first-order valence-corrected chi connectivity index (χ1v) is 12.0. The van der Waals surface area contributed by atoms with Crippen LogP contribution in [0.25, 0.3) is 22.5 Å². The summed E-state index contributed by atoms with van der Waals surface area (Å²) in [5.74, 6) is 0.903. The third-order valence-corrected chi connectivity index (χ3v) is 6.08. The van der Waals surface area contributed by atoms with E-state index in [4.69, 9.17) is 10.7 Å². The molecule has 0 aliphatic heterocycles. The third-order valence-electron chi connectivity index (χ3n) is 5.11. The number of rotatable bonds is 12. The molecule has 0 aliphatic rings. The highest BCUT2D eigenvalue weighted by molar-refractivity contribution is 7.99. The summed E-state index contributed by atoms with van der Waals surface area (Å²) in [5.41, 5.74) is 9.91. The van der Waals surface area contributed by atoms with Crippen molar-refractivity contribution in [2.24, 2.45) is 5.73 Å². The number of nitrogens with two attached hydrogens (primary N) is 1. The van der Waals surface area contributed by atoms with Crippen molar-refractivity contribution in [3.8, 4) is 22.5 Å². The topological polar surface area (TPSA) is 72.9 Å². The largest absolute Gasteiger partial charge is 0.355 e. The number of benzene rings is 2. The zero-order chi connectivity index (χ0) is 21.9. The fourth-order valence-corrected chi connectivity index (χ4v) is 4.47. The minimum absolute atomic E-state index is 0.117. The molecule has 1 aromatic heterocycles. The molecule has 0 radical (unpaired) electrons. The van der Waals surface area contributed by atoms with Crippen molar-refractivity contribution in [2.45, 2.75) is 44.3 Å². The molecule has 1 heterocycles. The average Bonchev–Trinajstić information content (AvgIpc) is 3.19. The van der Waals surface area contributed by atoms with Gasteiger partial charge in [0.25, 0.3) is 0 Å². The van der Waals surface area contributed by atoms with Gasteiger partial charge in [-0.1, -0.05) is 78.8 Å². The predicted molar refractivity (Wildman–Crippen MR) is 130 cm³/mol. The van der Waals surface area contributed by atoms with Gasteiger partial charge >= 0.3 is 0 Å².